The minimum absolute atomic E-state index is 0.104. The highest BCUT2D eigenvalue weighted by atomic mass is 32.2. The predicted molar refractivity (Wildman–Crippen MR) is 62.2 cm³/mol. The van der Waals surface area contributed by atoms with Gasteiger partial charge in [0.05, 0.1) is 5.92 Å². The molecule has 0 spiro atoms. The van der Waals surface area contributed by atoms with Crippen LogP contribution in [-0.4, -0.2) is 45.6 Å². The second-order valence-corrected chi connectivity index (χ2v) is 6.68. The summed E-state index contributed by atoms with van der Waals surface area (Å²) < 4.78 is 0. The topological polar surface area (TPSA) is 40.5 Å². The molecule has 0 aromatic carbocycles. The molecule has 4 unspecified atom stereocenters. The van der Waals surface area contributed by atoms with Gasteiger partial charge in [0.2, 0.25) is 0 Å². The number of nitrogens with zero attached hydrogens (tertiary/aromatic N) is 1. The van der Waals surface area contributed by atoms with Crippen LogP contribution in [0.4, 0.5) is 0 Å². The fourth-order valence-electron chi connectivity index (χ4n) is 2.70. The lowest BCUT2D eigenvalue weighted by Gasteiger charge is -2.46. The number of hydrogen-bond donors (Lipinski definition) is 1. The first-order valence-corrected chi connectivity index (χ1v) is 6.64. The van der Waals surface area contributed by atoms with Gasteiger partial charge < -0.3 is 5.11 Å². The maximum absolute atomic E-state index is 11.0. The molecule has 2 rings (SSSR count). The molecule has 1 heterocycles. The normalized spacial score (nSPS) is 42.3. The van der Waals surface area contributed by atoms with Crippen LogP contribution in [-0.2, 0) is 4.79 Å². The zero-order valence-electron chi connectivity index (χ0n) is 9.35. The van der Waals surface area contributed by atoms with Crippen molar-refractivity contribution in [3.8, 4) is 0 Å². The van der Waals surface area contributed by atoms with E-state index in [9.17, 15) is 4.79 Å². The molecular formula is C11H19NO2S. The zero-order chi connectivity index (χ0) is 11.0. The molecule has 1 N–H and O–H groups in total. The molecule has 1 saturated carbocycles. The number of thioether (sulfide) groups is 1. The van der Waals surface area contributed by atoms with E-state index in [-0.39, 0.29) is 5.92 Å². The summed E-state index contributed by atoms with van der Waals surface area (Å²) >= 11 is 2.02. The van der Waals surface area contributed by atoms with Gasteiger partial charge in [-0.25, -0.2) is 0 Å². The third-order valence-corrected chi connectivity index (χ3v) is 4.70. The summed E-state index contributed by atoms with van der Waals surface area (Å²) in [5, 5.41) is 10.3. The van der Waals surface area contributed by atoms with Gasteiger partial charge >= 0.3 is 5.97 Å². The second kappa shape index (κ2) is 4.34. The lowest BCUT2D eigenvalue weighted by molar-refractivity contribution is -0.149. The van der Waals surface area contributed by atoms with Crippen LogP contribution in [0.15, 0.2) is 0 Å². The number of rotatable bonds is 2. The van der Waals surface area contributed by atoms with Crippen molar-refractivity contribution in [2.24, 2.45) is 5.92 Å². The quantitative estimate of drug-likeness (QED) is 0.782. The van der Waals surface area contributed by atoms with Crippen molar-refractivity contribution in [2.45, 2.75) is 43.2 Å². The maximum Gasteiger partial charge on any atom is 0.308 e. The molecule has 1 saturated heterocycles. The van der Waals surface area contributed by atoms with Gasteiger partial charge in [-0.05, 0) is 12.8 Å². The van der Waals surface area contributed by atoms with Crippen molar-refractivity contribution in [3.05, 3.63) is 0 Å². The van der Waals surface area contributed by atoms with Crippen molar-refractivity contribution >= 4 is 17.7 Å². The van der Waals surface area contributed by atoms with Crippen LogP contribution in [0, 0.1) is 5.92 Å². The number of carboxylic acid groups (broad SMARTS) is 1. The Bertz CT molecular complexity index is 249. The molecule has 1 aliphatic heterocycles. The molecular weight excluding hydrogens is 210 g/mol. The van der Waals surface area contributed by atoms with E-state index in [4.69, 9.17) is 5.11 Å². The van der Waals surface area contributed by atoms with Crippen LogP contribution < -0.4 is 0 Å². The van der Waals surface area contributed by atoms with Gasteiger partial charge in [-0.15, -0.1) is 0 Å². The van der Waals surface area contributed by atoms with E-state index in [0.717, 1.165) is 25.9 Å². The van der Waals surface area contributed by atoms with Crippen LogP contribution in [0.3, 0.4) is 0 Å². The van der Waals surface area contributed by atoms with E-state index in [1.54, 1.807) is 0 Å². The summed E-state index contributed by atoms with van der Waals surface area (Å²) in [6.07, 6.45) is 1.94. The molecule has 2 aliphatic rings. The van der Waals surface area contributed by atoms with Crippen molar-refractivity contribution in [3.63, 3.8) is 0 Å². The summed E-state index contributed by atoms with van der Waals surface area (Å²) in [6.45, 7) is 6.59. The number of aliphatic carboxylic acids is 1. The fraction of sp³-hybridized carbons (Fsp3) is 0.909. The van der Waals surface area contributed by atoms with E-state index in [1.165, 1.54) is 0 Å². The van der Waals surface area contributed by atoms with Crippen LogP contribution in [0.1, 0.15) is 26.7 Å². The Balaban J connectivity index is 1.95. The van der Waals surface area contributed by atoms with E-state index in [0.29, 0.717) is 16.5 Å². The Morgan fingerprint density at radius 2 is 1.87 bits per heavy atom. The van der Waals surface area contributed by atoms with Gasteiger partial charge in [0, 0.05) is 29.6 Å². The van der Waals surface area contributed by atoms with Crippen molar-refractivity contribution in [1.82, 2.24) is 4.90 Å². The minimum Gasteiger partial charge on any atom is -0.481 e. The van der Waals surface area contributed by atoms with E-state index >= 15 is 0 Å². The number of carbonyl (C=O) groups is 1. The highest BCUT2D eigenvalue weighted by molar-refractivity contribution is 8.00. The van der Waals surface area contributed by atoms with Gasteiger partial charge in [0.25, 0.3) is 0 Å². The van der Waals surface area contributed by atoms with Crippen LogP contribution in [0.5, 0.6) is 0 Å². The summed E-state index contributed by atoms with van der Waals surface area (Å²) in [5.41, 5.74) is 0. The Kier molecular flexibility index (Phi) is 3.26. The first kappa shape index (κ1) is 11.3. The summed E-state index contributed by atoms with van der Waals surface area (Å²) in [7, 11) is 0. The first-order chi connectivity index (χ1) is 7.08. The molecule has 1 aliphatic carbocycles. The van der Waals surface area contributed by atoms with E-state index in [2.05, 4.69) is 18.7 Å². The summed E-state index contributed by atoms with van der Waals surface area (Å²) in [6, 6.07) is 0.313. The molecule has 4 heteroatoms. The molecule has 86 valence electrons. The first-order valence-electron chi connectivity index (χ1n) is 5.70. The van der Waals surface area contributed by atoms with Gasteiger partial charge in [-0.1, -0.05) is 13.8 Å². The van der Waals surface area contributed by atoms with E-state index < -0.39 is 5.97 Å². The number of carboxylic acids is 1. The van der Waals surface area contributed by atoms with Gasteiger partial charge in [0.1, 0.15) is 0 Å². The highest BCUT2D eigenvalue weighted by Gasteiger charge is 2.42. The molecule has 0 bridgehead atoms. The Hall–Kier alpha value is -0.220. The molecule has 0 radical (unpaired) electrons. The van der Waals surface area contributed by atoms with Crippen molar-refractivity contribution in [1.29, 1.82) is 0 Å². The highest BCUT2D eigenvalue weighted by Crippen LogP contribution is 2.36. The molecule has 0 amide bonds. The summed E-state index contributed by atoms with van der Waals surface area (Å²) in [5.74, 6) is -0.711. The lowest BCUT2D eigenvalue weighted by Crippen LogP contribution is -2.55. The van der Waals surface area contributed by atoms with E-state index in [1.807, 2.05) is 11.8 Å². The maximum atomic E-state index is 11.0. The van der Waals surface area contributed by atoms with Crippen LogP contribution >= 0.6 is 11.8 Å². The third-order valence-electron chi connectivity index (χ3n) is 3.47. The van der Waals surface area contributed by atoms with Crippen LogP contribution in [0.2, 0.25) is 0 Å². The average Bonchev–Trinajstić information content (AvgIpc) is 1.97. The smallest absolute Gasteiger partial charge is 0.308 e. The van der Waals surface area contributed by atoms with Gasteiger partial charge in [0.15, 0.2) is 0 Å². The molecule has 0 aromatic rings. The Morgan fingerprint density at radius 1 is 1.27 bits per heavy atom. The fourth-order valence-corrected chi connectivity index (χ4v) is 4.04. The SMILES string of the molecule is CC1CN(C2CCC2C(=O)O)CC(C)S1. The van der Waals surface area contributed by atoms with Gasteiger partial charge in [-0.3, -0.25) is 9.69 Å². The molecule has 3 nitrogen and oxygen atoms in total. The standard InChI is InChI=1S/C11H19NO2S/c1-7-5-12(6-8(2)15-7)10-4-3-9(10)11(13)14/h7-10H,3-6H2,1-2H3,(H,13,14). The average molecular weight is 229 g/mol. The summed E-state index contributed by atoms with van der Waals surface area (Å²) in [4.78, 5) is 13.4. The second-order valence-electron chi connectivity index (χ2n) is 4.80. The van der Waals surface area contributed by atoms with Crippen molar-refractivity contribution < 1.29 is 9.90 Å². The minimum atomic E-state index is -0.607. The largest absolute Gasteiger partial charge is 0.481 e. The molecule has 0 aromatic heterocycles. The molecule has 15 heavy (non-hydrogen) atoms. The Morgan fingerprint density at radius 3 is 2.27 bits per heavy atom. The molecule has 2 fully saturated rings. The monoisotopic (exact) mass is 229 g/mol. The Labute approximate surface area is 95.2 Å². The third kappa shape index (κ3) is 2.31. The predicted octanol–water partition coefficient (Wildman–Crippen LogP) is 1.68. The zero-order valence-corrected chi connectivity index (χ0v) is 10.2. The molecule has 4 atom stereocenters. The van der Waals surface area contributed by atoms with Gasteiger partial charge in [-0.2, -0.15) is 11.8 Å². The number of hydrogen-bond acceptors (Lipinski definition) is 3. The lowest BCUT2D eigenvalue weighted by atomic mass is 9.78. The van der Waals surface area contributed by atoms with Crippen molar-refractivity contribution in [2.75, 3.05) is 13.1 Å². The van der Waals surface area contributed by atoms with Crippen LogP contribution in [0.25, 0.3) is 0 Å².